The van der Waals surface area contributed by atoms with Crippen molar-refractivity contribution in [3.63, 3.8) is 0 Å². The molecule has 0 N–H and O–H groups in total. The molecule has 1 atom stereocenters. The fourth-order valence-electron chi connectivity index (χ4n) is 2.12. The lowest BCUT2D eigenvalue weighted by Gasteiger charge is -2.28. The molecule has 1 nitrogen and oxygen atoms in total. The summed E-state index contributed by atoms with van der Waals surface area (Å²) < 4.78 is 0. The molecule has 82 valence electrons. The maximum atomic E-state index is 8.40. The lowest BCUT2D eigenvalue weighted by atomic mass is 9.76. The van der Waals surface area contributed by atoms with Gasteiger partial charge in [0.15, 0.2) is 0 Å². The van der Waals surface area contributed by atoms with Gasteiger partial charge in [0.05, 0.1) is 6.07 Å². The maximum Gasteiger partial charge on any atom is 0.0624 e. The van der Waals surface area contributed by atoms with Crippen molar-refractivity contribution in [2.45, 2.75) is 46.5 Å². The van der Waals surface area contributed by atoms with Gasteiger partial charge in [-0.1, -0.05) is 37.6 Å². The molecule has 0 aromatic heterocycles. The van der Waals surface area contributed by atoms with Crippen molar-refractivity contribution in [2.24, 2.45) is 11.3 Å². The second kappa shape index (κ2) is 5.16. The van der Waals surface area contributed by atoms with Gasteiger partial charge in [-0.3, -0.25) is 0 Å². The van der Waals surface area contributed by atoms with Crippen LogP contribution in [0.2, 0.25) is 0 Å². The summed E-state index contributed by atoms with van der Waals surface area (Å²) in [5, 5.41) is 8.40. The van der Waals surface area contributed by atoms with Crippen molar-refractivity contribution in [2.75, 3.05) is 0 Å². The smallest absolute Gasteiger partial charge is 0.0624 e. The van der Waals surface area contributed by atoms with E-state index in [4.69, 9.17) is 5.26 Å². The highest BCUT2D eigenvalue weighted by atomic mass is 14.4. The van der Waals surface area contributed by atoms with Crippen molar-refractivity contribution in [1.82, 2.24) is 0 Å². The molecule has 0 fully saturated rings. The monoisotopic (exact) mass is 203 g/mol. The summed E-state index contributed by atoms with van der Waals surface area (Å²) in [6, 6.07) is 2.16. The summed E-state index contributed by atoms with van der Waals surface area (Å²) in [6.07, 6.45) is 10.7. The average Bonchev–Trinajstić information content (AvgIpc) is 2.44. The van der Waals surface area contributed by atoms with Crippen LogP contribution in [0.25, 0.3) is 0 Å². The number of nitrogens with zero attached hydrogens (tertiary/aromatic N) is 1. The highest BCUT2D eigenvalue weighted by Crippen LogP contribution is 2.44. The van der Waals surface area contributed by atoms with Crippen molar-refractivity contribution in [3.8, 4) is 6.07 Å². The van der Waals surface area contributed by atoms with Gasteiger partial charge < -0.3 is 0 Å². The summed E-state index contributed by atoms with van der Waals surface area (Å²) >= 11 is 0. The van der Waals surface area contributed by atoms with Crippen LogP contribution in [0.3, 0.4) is 0 Å². The van der Waals surface area contributed by atoms with Gasteiger partial charge in [0.1, 0.15) is 0 Å². The molecule has 1 aliphatic rings. The predicted molar refractivity (Wildman–Crippen MR) is 64.2 cm³/mol. The minimum absolute atomic E-state index is 0.361. The van der Waals surface area contributed by atoms with Gasteiger partial charge in [0, 0.05) is 6.42 Å². The van der Waals surface area contributed by atoms with E-state index in [-0.39, 0.29) is 0 Å². The molecule has 1 rings (SSSR count). The maximum absolute atomic E-state index is 8.40. The van der Waals surface area contributed by atoms with Crippen LogP contribution in [-0.2, 0) is 0 Å². The molecule has 0 radical (unpaired) electrons. The highest BCUT2D eigenvalue weighted by Gasteiger charge is 2.33. The molecule has 0 amide bonds. The minimum Gasteiger partial charge on any atom is -0.198 e. The van der Waals surface area contributed by atoms with E-state index < -0.39 is 0 Å². The lowest BCUT2D eigenvalue weighted by Crippen LogP contribution is -2.19. The Morgan fingerprint density at radius 1 is 1.53 bits per heavy atom. The topological polar surface area (TPSA) is 23.8 Å². The Kier molecular flexibility index (Phi) is 4.15. The molecule has 0 aromatic carbocycles. The van der Waals surface area contributed by atoms with Gasteiger partial charge in [0.2, 0.25) is 0 Å². The van der Waals surface area contributed by atoms with Crippen LogP contribution < -0.4 is 0 Å². The number of hydrogen-bond donors (Lipinski definition) is 0. The van der Waals surface area contributed by atoms with Crippen molar-refractivity contribution in [1.29, 1.82) is 5.26 Å². The summed E-state index contributed by atoms with van der Waals surface area (Å²) in [6.45, 7) is 6.90. The van der Waals surface area contributed by atoms with E-state index in [1.165, 1.54) is 12.0 Å². The molecule has 1 heteroatoms. The molecule has 0 spiro atoms. The Hall–Kier alpha value is -1.03. The number of rotatable bonds is 4. The second-order valence-corrected chi connectivity index (χ2v) is 4.95. The molecule has 15 heavy (non-hydrogen) atoms. The summed E-state index contributed by atoms with van der Waals surface area (Å²) in [5.41, 5.74) is 1.89. The first-order chi connectivity index (χ1) is 7.09. The van der Waals surface area contributed by atoms with Crippen LogP contribution in [0.4, 0.5) is 0 Å². The fourth-order valence-corrected chi connectivity index (χ4v) is 2.12. The molecule has 0 aliphatic heterocycles. The Labute approximate surface area is 93.5 Å². The average molecular weight is 203 g/mol. The Bertz CT molecular complexity index is 302. The van der Waals surface area contributed by atoms with Crippen LogP contribution in [0, 0.1) is 22.7 Å². The first kappa shape index (κ1) is 12.0. The minimum atomic E-state index is 0.361. The molecule has 0 saturated carbocycles. The number of hydrogen-bond acceptors (Lipinski definition) is 1. The zero-order valence-corrected chi connectivity index (χ0v) is 10.1. The zero-order chi connectivity index (χ0) is 11.3. The number of allylic oxidation sites excluding steroid dienone is 4. The Balaban J connectivity index is 2.36. The molecular formula is C14H21N. The van der Waals surface area contributed by atoms with E-state index in [2.05, 4.69) is 45.1 Å². The third-order valence-corrected chi connectivity index (χ3v) is 3.76. The third-order valence-electron chi connectivity index (χ3n) is 3.76. The van der Waals surface area contributed by atoms with Crippen molar-refractivity contribution < 1.29 is 0 Å². The van der Waals surface area contributed by atoms with Crippen LogP contribution in [0.5, 0.6) is 0 Å². The summed E-state index contributed by atoms with van der Waals surface area (Å²) in [5.74, 6) is 0.746. The van der Waals surface area contributed by atoms with Gasteiger partial charge in [0.25, 0.3) is 0 Å². The summed E-state index contributed by atoms with van der Waals surface area (Å²) in [4.78, 5) is 0. The van der Waals surface area contributed by atoms with Crippen LogP contribution >= 0.6 is 0 Å². The quantitative estimate of drug-likeness (QED) is 0.495. The van der Waals surface area contributed by atoms with E-state index in [0.717, 1.165) is 18.8 Å². The zero-order valence-electron chi connectivity index (χ0n) is 10.1. The lowest BCUT2D eigenvalue weighted by molar-refractivity contribution is 0.294. The van der Waals surface area contributed by atoms with E-state index in [1.54, 1.807) is 0 Å². The van der Waals surface area contributed by atoms with Crippen molar-refractivity contribution >= 4 is 0 Å². The van der Waals surface area contributed by atoms with E-state index >= 15 is 0 Å². The second-order valence-electron chi connectivity index (χ2n) is 4.95. The predicted octanol–water partition coefficient (Wildman–Crippen LogP) is 4.23. The van der Waals surface area contributed by atoms with Gasteiger partial charge >= 0.3 is 0 Å². The first-order valence-corrected chi connectivity index (χ1v) is 5.78. The van der Waals surface area contributed by atoms with E-state index in [1.807, 2.05) is 0 Å². The Morgan fingerprint density at radius 3 is 2.80 bits per heavy atom. The SMILES string of the molecule is CC1=CC[C@H](C/C=C\CCC#N)C1(C)C. The number of nitriles is 1. The number of unbranched alkanes of at least 4 members (excludes halogenated alkanes) is 1. The van der Waals surface area contributed by atoms with Gasteiger partial charge in [-0.05, 0) is 37.5 Å². The van der Waals surface area contributed by atoms with Gasteiger partial charge in [-0.15, -0.1) is 0 Å². The van der Waals surface area contributed by atoms with Crippen LogP contribution in [0.15, 0.2) is 23.8 Å². The molecule has 0 aromatic rings. The molecule has 0 heterocycles. The van der Waals surface area contributed by atoms with Gasteiger partial charge in [-0.25, -0.2) is 0 Å². The molecule has 0 unspecified atom stereocenters. The van der Waals surface area contributed by atoms with Crippen LogP contribution in [0.1, 0.15) is 46.5 Å². The first-order valence-electron chi connectivity index (χ1n) is 5.78. The van der Waals surface area contributed by atoms with E-state index in [9.17, 15) is 0 Å². The van der Waals surface area contributed by atoms with Crippen molar-refractivity contribution in [3.05, 3.63) is 23.8 Å². The largest absolute Gasteiger partial charge is 0.198 e. The van der Waals surface area contributed by atoms with Gasteiger partial charge in [-0.2, -0.15) is 5.26 Å². The molecule has 0 bridgehead atoms. The summed E-state index contributed by atoms with van der Waals surface area (Å²) in [7, 11) is 0. The Morgan fingerprint density at radius 2 is 2.27 bits per heavy atom. The molecule has 0 saturated heterocycles. The van der Waals surface area contributed by atoms with E-state index in [0.29, 0.717) is 11.8 Å². The third kappa shape index (κ3) is 2.96. The molecule has 1 aliphatic carbocycles. The fraction of sp³-hybridized carbons (Fsp3) is 0.643. The highest BCUT2D eigenvalue weighted by molar-refractivity contribution is 5.18. The molecular weight excluding hydrogens is 182 g/mol. The van der Waals surface area contributed by atoms with Crippen LogP contribution in [-0.4, -0.2) is 0 Å². The standard InChI is InChI=1S/C14H21N/c1-12-9-10-13(14(12,2)3)8-6-4-5-7-11-15/h4,6,9,13H,5,7-8,10H2,1-3H3/b6-4-/t13-/m0/s1. The normalized spacial score (nSPS) is 24.1.